The number of carbonyl (C=O) groups excluding carboxylic acids is 1. The molecule has 1 N–H and O–H groups in total. The van der Waals surface area contributed by atoms with Gasteiger partial charge >= 0.3 is 0 Å². The Morgan fingerprint density at radius 1 is 1.03 bits per heavy atom. The van der Waals surface area contributed by atoms with Gasteiger partial charge < -0.3 is 24.6 Å². The molecule has 0 radical (unpaired) electrons. The molecule has 1 aromatic carbocycles. The van der Waals surface area contributed by atoms with E-state index in [0.717, 1.165) is 59.7 Å². The normalized spacial score (nSPS) is 17.3. The highest BCUT2D eigenvalue weighted by atomic mass is 16.5. The minimum absolute atomic E-state index is 0.123. The van der Waals surface area contributed by atoms with Crippen molar-refractivity contribution in [1.29, 1.82) is 0 Å². The number of piperazine rings is 1. The number of amides is 1. The van der Waals surface area contributed by atoms with Crippen molar-refractivity contribution in [2.24, 2.45) is 7.05 Å². The molecule has 0 saturated carbocycles. The van der Waals surface area contributed by atoms with Crippen LogP contribution in [0, 0.1) is 13.8 Å². The molecule has 202 valence electrons. The zero-order valence-corrected chi connectivity index (χ0v) is 22.6. The number of hydrogen-bond acceptors (Lipinski definition) is 9. The predicted molar refractivity (Wildman–Crippen MR) is 143 cm³/mol. The smallest absolute Gasteiger partial charge is 0.243 e. The summed E-state index contributed by atoms with van der Waals surface area (Å²) >= 11 is 0. The van der Waals surface area contributed by atoms with Crippen molar-refractivity contribution in [3.8, 4) is 17.0 Å². The number of aryl methyl sites for hydroxylation is 3. The number of piperidine rings is 1. The molecular formula is C27H36N8O3. The van der Waals surface area contributed by atoms with Gasteiger partial charge in [-0.3, -0.25) is 4.79 Å². The summed E-state index contributed by atoms with van der Waals surface area (Å²) in [6.07, 6.45) is 1.40. The number of aromatic nitrogens is 5. The summed E-state index contributed by atoms with van der Waals surface area (Å²) in [4.78, 5) is 28.7. The van der Waals surface area contributed by atoms with Crippen LogP contribution in [0.5, 0.6) is 5.75 Å². The van der Waals surface area contributed by atoms with Crippen LogP contribution in [0.1, 0.15) is 29.9 Å². The van der Waals surface area contributed by atoms with Crippen LogP contribution < -0.4 is 15.0 Å². The lowest BCUT2D eigenvalue weighted by Gasteiger charge is -2.46. The first kappa shape index (κ1) is 26.1. The van der Waals surface area contributed by atoms with E-state index >= 15 is 0 Å². The highest BCUT2D eigenvalue weighted by Crippen LogP contribution is 2.31. The lowest BCUT2D eigenvalue weighted by molar-refractivity contribution is -0.143. The largest absolute Gasteiger partial charge is 0.491 e. The van der Waals surface area contributed by atoms with Gasteiger partial charge in [-0.25, -0.2) is 9.97 Å². The topological polar surface area (TPSA) is 111 Å². The first-order valence-electron chi connectivity index (χ1n) is 13.1. The van der Waals surface area contributed by atoms with Crippen LogP contribution in [0.25, 0.3) is 11.3 Å². The van der Waals surface area contributed by atoms with Crippen LogP contribution in [0.4, 0.5) is 5.95 Å². The van der Waals surface area contributed by atoms with E-state index < -0.39 is 5.54 Å². The Balaban J connectivity index is 1.30. The molecule has 4 heterocycles. The number of anilines is 1. The van der Waals surface area contributed by atoms with Gasteiger partial charge in [0.25, 0.3) is 0 Å². The van der Waals surface area contributed by atoms with Gasteiger partial charge in [0.2, 0.25) is 11.9 Å². The van der Waals surface area contributed by atoms with Crippen LogP contribution in [-0.2, 0) is 23.1 Å². The predicted octanol–water partition coefficient (Wildman–Crippen LogP) is 1.89. The van der Waals surface area contributed by atoms with E-state index in [1.807, 2.05) is 49.1 Å². The fourth-order valence-corrected chi connectivity index (χ4v) is 5.32. The van der Waals surface area contributed by atoms with Crippen molar-refractivity contribution >= 4 is 11.9 Å². The highest BCUT2D eigenvalue weighted by Gasteiger charge is 2.46. The molecule has 3 aromatic rings. The van der Waals surface area contributed by atoms with Gasteiger partial charge in [-0.2, -0.15) is 15.0 Å². The molecule has 0 atom stereocenters. The third kappa shape index (κ3) is 5.48. The molecule has 2 aliphatic rings. The fraction of sp³-hybridized carbons (Fsp3) is 0.519. The molecular weight excluding hydrogens is 484 g/mol. The fourth-order valence-electron chi connectivity index (χ4n) is 5.32. The lowest BCUT2D eigenvalue weighted by atomic mass is 9.84. The van der Waals surface area contributed by atoms with Gasteiger partial charge in [-0.05, 0) is 44.9 Å². The second-order valence-corrected chi connectivity index (χ2v) is 10.0. The third-order valence-electron chi connectivity index (χ3n) is 7.20. The van der Waals surface area contributed by atoms with Crippen molar-refractivity contribution < 1.29 is 14.3 Å². The number of nitrogens with zero attached hydrogens (tertiary/aromatic N) is 7. The lowest BCUT2D eigenvalue weighted by Crippen LogP contribution is -2.67. The minimum atomic E-state index is -0.578. The molecule has 2 aromatic heterocycles. The molecule has 2 fully saturated rings. The first-order valence-corrected chi connectivity index (χ1v) is 13.1. The number of methoxy groups -OCH3 is 1. The van der Waals surface area contributed by atoms with Gasteiger partial charge in [-0.15, -0.1) is 0 Å². The molecule has 38 heavy (non-hydrogen) atoms. The Bertz CT molecular complexity index is 1260. The van der Waals surface area contributed by atoms with Gasteiger partial charge in [0, 0.05) is 57.3 Å². The summed E-state index contributed by atoms with van der Waals surface area (Å²) in [6.45, 7) is 8.18. The Labute approximate surface area is 223 Å². The van der Waals surface area contributed by atoms with Crippen molar-refractivity contribution in [3.05, 3.63) is 47.4 Å². The van der Waals surface area contributed by atoms with Crippen LogP contribution in [0.15, 0.2) is 30.3 Å². The van der Waals surface area contributed by atoms with E-state index in [4.69, 9.17) is 9.47 Å². The van der Waals surface area contributed by atoms with E-state index in [2.05, 4.69) is 30.4 Å². The van der Waals surface area contributed by atoms with Gasteiger partial charge in [-0.1, -0.05) is 12.1 Å². The van der Waals surface area contributed by atoms with Crippen LogP contribution in [-0.4, -0.2) is 87.8 Å². The average molecular weight is 521 g/mol. The quantitative estimate of drug-likeness (QED) is 0.445. The Hall–Kier alpha value is -3.57. The molecule has 0 bridgehead atoms. The summed E-state index contributed by atoms with van der Waals surface area (Å²) < 4.78 is 10.9. The summed E-state index contributed by atoms with van der Waals surface area (Å²) in [5, 5.41) is 12.8. The molecule has 11 nitrogen and oxygen atoms in total. The number of rotatable bonds is 8. The highest BCUT2D eigenvalue weighted by molar-refractivity contribution is 5.87. The number of hydrogen-bond donors (Lipinski definition) is 1. The van der Waals surface area contributed by atoms with E-state index in [1.54, 1.807) is 19.0 Å². The maximum absolute atomic E-state index is 13.8. The zero-order chi connectivity index (χ0) is 26.7. The molecule has 2 aliphatic heterocycles. The molecule has 1 spiro atoms. The van der Waals surface area contributed by atoms with Gasteiger partial charge in [0.15, 0.2) is 0 Å². The van der Waals surface area contributed by atoms with E-state index in [1.165, 1.54) is 0 Å². The van der Waals surface area contributed by atoms with Gasteiger partial charge in [0.05, 0.1) is 13.2 Å². The monoisotopic (exact) mass is 520 g/mol. The Kier molecular flexibility index (Phi) is 7.57. The van der Waals surface area contributed by atoms with E-state index in [-0.39, 0.29) is 5.91 Å². The second kappa shape index (κ2) is 11.0. The SMILES string of the molecule is COCCOc1cccc(-c2nn(C)nc2CN2CCNC3(CCN(c4nc(C)cc(C)n4)CC3)C2=O)c1. The summed E-state index contributed by atoms with van der Waals surface area (Å²) in [6, 6.07) is 9.77. The Morgan fingerprint density at radius 2 is 1.79 bits per heavy atom. The van der Waals surface area contributed by atoms with Crippen LogP contribution in [0.3, 0.4) is 0 Å². The number of nitrogens with one attached hydrogen (secondary N) is 1. The van der Waals surface area contributed by atoms with Crippen molar-refractivity contribution in [2.75, 3.05) is 51.4 Å². The van der Waals surface area contributed by atoms with Crippen molar-refractivity contribution in [1.82, 2.24) is 35.2 Å². The number of ether oxygens (including phenoxy) is 2. The molecule has 5 rings (SSSR count). The minimum Gasteiger partial charge on any atom is -0.491 e. The molecule has 11 heteroatoms. The molecule has 1 amide bonds. The van der Waals surface area contributed by atoms with Crippen molar-refractivity contribution in [3.63, 3.8) is 0 Å². The second-order valence-electron chi connectivity index (χ2n) is 10.0. The number of carbonyl (C=O) groups is 1. The summed E-state index contributed by atoms with van der Waals surface area (Å²) in [5.41, 5.74) is 3.77. The van der Waals surface area contributed by atoms with Crippen LogP contribution >= 0.6 is 0 Å². The zero-order valence-electron chi connectivity index (χ0n) is 22.6. The summed E-state index contributed by atoms with van der Waals surface area (Å²) in [5.74, 6) is 1.61. The van der Waals surface area contributed by atoms with Crippen LogP contribution in [0.2, 0.25) is 0 Å². The first-order chi connectivity index (χ1) is 18.4. The summed E-state index contributed by atoms with van der Waals surface area (Å²) in [7, 11) is 3.45. The Morgan fingerprint density at radius 3 is 2.53 bits per heavy atom. The van der Waals surface area contributed by atoms with Gasteiger partial charge in [0.1, 0.15) is 29.3 Å². The standard InChI is InChI=1S/C27H36N8O3/c1-19-16-20(2)30-26(29-19)34-11-8-27(9-12-34)25(36)35(13-10-28-27)18-23-24(32-33(3)31-23)21-6-5-7-22(17-21)38-15-14-37-4/h5-7,16-17,28H,8-15,18H2,1-4H3. The van der Waals surface area contributed by atoms with E-state index in [9.17, 15) is 4.79 Å². The maximum atomic E-state index is 13.8. The maximum Gasteiger partial charge on any atom is 0.243 e. The third-order valence-corrected chi connectivity index (χ3v) is 7.20. The molecule has 0 unspecified atom stereocenters. The average Bonchev–Trinajstić information content (AvgIpc) is 3.27. The number of benzene rings is 1. The van der Waals surface area contributed by atoms with Crippen molar-refractivity contribution in [2.45, 2.75) is 38.8 Å². The molecule has 2 saturated heterocycles. The van der Waals surface area contributed by atoms with E-state index in [0.29, 0.717) is 39.1 Å². The molecule has 0 aliphatic carbocycles.